The number of esters is 1. The maximum absolute atomic E-state index is 11.6. The number of ether oxygens (including phenoxy) is 1. The Morgan fingerprint density at radius 2 is 2.17 bits per heavy atom. The zero-order valence-electron chi connectivity index (χ0n) is 13.7. The van der Waals surface area contributed by atoms with Gasteiger partial charge in [-0.2, -0.15) is 10.1 Å². The van der Waals surface area contributed by atoms with Gasteiger partial charge in [-0.05, 0) is 32.3 Å². The van der Waals surface area contributed by atoms with Crippen LogP contribution in [0.25, 0.3) is 0 Å². The van der Waals surface area contributed by atoms with E-state index in [1.54, 1.807) is 18.2 Å². The summed E-state index contributed by atoms with van der Waals surface area (Å²) < 4.78 is 4.70. The van der Waals surface area contributed by atoms with Gasteiger partial charge in [-0.1, -0.05) is 11.6 Å². The summed E-state index contributed by atoms with van der Waals surface area (Å²) in [5, 5.41) is 14.3. The molecule has 0 spiro atoms. The van der Waals surface area contributed by atoms with Crippen LogP contribution in [0.4, 0.5) is 17.5 Å². The average Bonchev–Trinajstić information content (AvgIpc) is 2.56. The van der Waals surface area contributed by atoms with Crippen molar-refractivity contribution < 1.29 is 9.53 Å². The van der Waals surface area contributed by atoms with Crippen molar-refractivity contribution in [3.63, 3.8) is 0 Å². The van der Waals surface area contributed by atoms with Gasteiger partial charge in [0, 0.05) is 13.1 Å². The lowest BCUT2D eigenvalue weighted by Gasteiger charge is -2.11. The topological polar surface area (TPSA) is 92.3 Å². The van der Waals surface area contributed by atoms with Gasteiger partial charge in [0.2, 0.25) is 5.95 Å². The van der Waals surface area contributed by atoms with Crippen LogP contribution in [-0.4, -0.2) is 60.3 Å². The van der Waals surface area contributed by atoms with Gasteiger partial charge in [-0.25, -0.2) is 4.79 Å². The molecule has 0 saturated heterocycles. The summed E-state index contributed by atoms with van der Waals surface area (Å²) >= 11 is 6.14. The van der Waals surface area contributed by atoms with Crippen molar-refractivity contribution in [3.05, 3.63) is 35.0 Å². The third-order valence-corrected chi connectivity index (χ3v) is 3.39. The van der Waals surface area contributed by atoms with Crippen molar-refractivity contribution >= 4 is 35.0 Å². The summed E-state index contributed by atoms with van der Waals surface area (Å²) in [7, 11) is 5.30. The Morgan fingerprint density at radius 3 is 2.88 bits per heavy atom. The minimum absolute atomic E-state index is 0.272. The quantitative estimate of drug-likeness (QED) is 0.733. The Bertz CT molecular complexity index is 710. The molecule has 0 saturated carbocycles. The predicted molar refractivity (Wildman–Crippen MR) is 92.9 cm³/mol. The number of aromatic nitrogens is 3. The first-order valence-electron chi connectivity index (χ1n) is 7.23. The van der Waals surface area contributed by atoms with Crippen molar-refractivity contribution in [2.45, 2.75) is 0 Å². The number of likely N-dealkylation sites (N-methyl/N-ethyl adjacent to an activating group) is 1. The average molecular weight is 351 g/mol. The highest BCUT2D eigenvalue weighted by atomic mass is 35.5. The van der Waals surface area contributed by atoms with Gasteiger partial charge in [-0.15, -0.1) is 5.10 Å². The van der Waals surface area contributed by atoms with Crippen LogP contribution in [0.3, 0.4) is 0 Å². The molecule has 2 rings (SSSR count). The van der Waals surface area contributed by atoms with Crippen LogP contribution in [0.1, 0.15) is 10.4 Å². The van der Waals surface area contributed by atoms with Crippen LogP contribution < -0.4 is 10.6 Å². The first-order chi connectivity index (χ1) is 11.5. The van der Waals surface area contributed by atoms with Crippen molar-refractivity contribution in [2.24, 2.45) is 0 Å². The number of methoxy groups -OCH3 is 1. The van der Waals surface area contributed by atoms with Crippen LogP contribution in [0.2, 0.25) is 5.02 Å². The van der Waals surface area contributed by atoms with Crippen molar-refractivity contribution in [1.82, 2.24) is 20.1 Å². The zero-order valence-corrected chi connectivity index (χ0v) is 14.5. The van der Waals surface area contributed by atoms with Crippen LogP contribution >= 0.6 is 11.6 Å². The van der Waals surface area contributed by atoms with E-state index in [1.165, 1.54) is 13.3 Å². The van der Waals surface area contributed by atoms with Gasteiger partial charge in [0.1, 0.15) is 0 Å². The fourth-order valence-electron chi connectivity index (χ4n) is 1.84. The molecule has 1 aromatic heterocycles. The molecule has 0 fully saturated rings. The van der Waals surface area contributed by atoms with Gasteiger partial charge < -0.3 is 20.3 Å². The van der Waals surface area contributed by atoms with Crippen molar-refractivity contribution in [1.29, 1.82) is 0 Å². The van der Waals surface area contributed by atoms with Crippen molar-refractivity contribution in [2.75, 3.05) is 44.9 Å². The largest absolute Gasteiger partial charge is 0.465 e. The molecule has 24 heavy (non-hydrogen) atoms. The van der Waals surface area contributed by atoms with Gasteiger partial charge in [0.15, 0.2) is 5.82 Å². The molecule has 1 aromatic carbocycles. The SMILES string of the molecule is COC(=O)c1ccc(Cl)c(Nc2nncc(NCCN(C)C)n2)c1. The Morgan fingerprint density at radius 1 is 1.38 bits per heavy atom. The Balaban J connectivity index is 2.12. The second-order valence-corrected chi connectivity index (χ2v) is 5.61. The molecule has 0 atom stereocenters. The minimum atomic E-state index is -0.451. The third kappa shape index (κ3) is 5.04. The Hall–Kier alpha value is -2.45. The molecule has 0 unspecified atom stereocenters. The smallest absolute Gasteiger partial charge is 0.337 e. The van der Waals surface area contributed by atoms with Crippen LogP contribution in [-0.2, 0) is 4.74 Å². The van der Waals surface area contributed by atoms with E-state index >= 15 is 0 Å². The fourth-order valence-corrected chi connectivity index (χ4v) is 2.00. The highest BCUT2D eigenvalue weighted by Gasteiger charge is 2.10. The van der Waals surface area contributed by atoms with E-state index in [4.69, 9.17) is 16.3 Å². The highest BCUT2D eigenvalue weighted by molar-refractivity contribution is 6.33. The number of hydrogen-bond acceptors (Lipinski definition) is 8. The van der Waals surface area contributed by atoms with E-state index in [0.29, 0.717) is 22.1 Å². The molecule has 2 aromatic rings. The predicted octanol–water partition coefficient (Wildman–Crippen LogP) is 2.03. The molecular formula is C15H19ClN6O2. The van der Waals surface area contributed by atoms with E-state index in [-0.39, 0.29) is 5.95 Å². The monoisotopic (exact) mass is 350 g/mol. The second kappa shape index (κ2) is 8.42. The highest BCUT2D eigenvalue weighted by Crippen LogP contribution is 2.25. The van der Waals surface area contributed by atoms with E-state index in [1.807, 2.05) is 14.1 Å². The van der Waals surface area contributed by atoms with Gasteiger partial charge >= 0.3 is 5.97 Å². The number of halogens is 1. The molecule has 8 nitrogen and oxygen atoms in total. The molecule has 1 heterocycles. The van der Waals surface area contributed by atoms with Crippen LogP contribution in [0.15, 0.2) is 24.4 Å². The first-order valence-corrected chi connectivity index (χ1v) is 7.60. The number of carbonyl (C=O) groups excluding carboxylic acids is 1. The lowest BCUT2D eigenvalue weighted by atomic mass is 10.2. The maximum atomic E-state index is 11.6. The standard InChI is InChI=1S/C15H19ClN6O2/c1-22(2)7-6-17-13-9-18-21-15(20-13)19-12-8-10(14(23)24-3)4-5-11(12)16/h4-5,8-9H,6-7H2,1-3H3,(H2,17,19,20,21). The van der Waals surface area contributed by atoms with E-state index in [0.717, 1.165) is 13.1 Å². The minimum Gasteiger partial charge on any atom is -0.465 e. The van der Waals surface area contributed by atoms with Gasteiger partial charge in [0.25, 0.3) is 0 Å². The molecule has 0 amide bonds. The first kappa shape index (κ1) is 17.9. The summed E-state index contributed by atoms with van der Waals surface area (Å²) in [6.07, 6.45) is 1.54. The zero-order chi connectivity index (χ0) is 17.5. The number of nitrogens with one attached hydrogen (secondary N) is 2. The molecule has 0 aliphatic heterocycles. The van der Waals surface area contributed by atoms with Crippen LogP contribution in [0.5, 0.6) is 0 Å². The summed E-state index contributed by atoms with van der Waals surface area (Å²) in [6, 6.07) is 4.75. The molecule has 0 bridgehead atoms. The number of anilines is 3. The van der Waals surface area contributed by atoms with Crippen molar-refractivity contribution in [3.8, 4) is 0 Å². The lowest BCUT2D eigenvalue weighted by molar-refractivity contribution is 0.0601. The Labute approximate surface area is 145 Å². The summed E-state index contributed by atoms with van der Waals surface area (Å²) in [5.41, 5.74) is 0.865. The summed E-state index contributed by atoms with van der Waals surface area (Å²) in [4.78, 5) is 18.0. The maximum Gasteiger partial charge on any atom is 0.337 e. The van der Waals surface area contributed by atoms with Crippen LogP contribution in [0, 0.1) is 0 Å². The molecule has 9 heteroatoms. The number of hydrogen-bond donors (Lipinski definition) is 2. The fraction of sp³-hybridized carbons (Fsp3) is 0.333. The second-order valence-electron chi connectivity index (χ2n) is 5.21. The molecule has 128 valence electrons. The molecule has 0 aliphatic carbocycles. The summed E-state index contributed by atoms with van der Waals surface area (Å²) in [6.45, 7) is 1.59. The molecular weight excluding hydrogens is 332 g/mol. The normalized spacial score (nSPS) is 10.5. The Kier molecular flexibility index (Phi) is 6.28. The van der Waals surface area contributed by atoms with E-state index in [9.17, 15) is 4.79 Å². The molecule has 0 radical (unpaired) electrons. The number of carbonyl (C=O) groups is 1. The lowest BCUT2D eigenvalue weighted by Crippen LogP contribution is -2.21. The number of nitrogens with zero attached hydrogens (tertiary/aromatic N) is 4. The third-order valence-electron chi connectivity index (χ3n) is 3.06. The van der Waals surface area contributed by atoms with Gasteiger partial charge in [0.05, 0.1) is 29.6 Å². The van der Waals surface area contributed by atoms with Gasteiger partial charge in [-0.3, -0.25) is 0 Å². The number of rotatable bonds is 7. The number of benzene rings is 1. The van der Waals surface area contributed by atoms with E-state index < -0.39 is 5.97 Å². The summed E-state index contributed by atoms with van der Waals surface area (Å²) in [5.74, 6) is 0.413. The molecule has 0 aliphatic rings. The van der Waals surface area contributed by atoms with E-state index in [2.05, 4.69) is 30.7 Å². The molecule has 2 N–H and O–H groups in total.